The van der Waals surface area contributed by atoms with Gasteiger partial charge >= 0.3 is 11.9 Å². The number of ether oxygens (including phenoxy) is 2. The Hall–Kier alpha value is -1.10. The standard InChI is InChI=1S/C30H58O5/c1-4-5-6-7-8-10-14-17-20-23-29(32)34-25-28(31)26-35-30(33)24-21-18-15-12-9-11-13-16-19-22-27(2)3/h27-28,31H,4-26H2,1-3H3/t28-/m0/s1. The molecule has 208 valence electrons. The third-order valence-electron chi connectivity index (χ3n) is 6.52. The third-order valence-corrected chi connectivity index (χ3v) is 6.52. The molecule has 0 rings (SSSR count). The lowest BCUT2D eigenvalue weighted by molar-refractivity contribution is -0.152. The predicted octanol–water partition coefficient (Wildman–Crippen LogP) is 8.30. The summed E-state index contributed by atoms with van der Waals surface area (Å²) in [7, 11) is 0. The van der Waals surface area contributed by atoms with Crippen LogP contribution in [-0.4, -0.2) is 36.4 Å². The van der Waals surface area contributed by atoms with Gasteiger partial charge in [0.25, 0.3) is 0 Å². The summed E-state index contributed by atoms with van der Waals surface area (Å²) in [6.45, 7) is 6.58. The summed E-state index contributed by atoms with van der Waals surface area (Å²) < 4.78 is 10.2. The Morgan fingerprint density at radius 2 is 0.914 bits per heavy atom. The second-order valence-electron chi connectivity index (χ2n) is 10.7. The normalized spacial score (nSPS) is 12.1. The summed E-state index contributed by atoms with van der Waals surface area (Å²) in [4.78, 5) is 23.6. The summed E-state index contributed by atoms with van der Waals surface area (Å²) in [6.07, 6.45) is 22.9. The van der Waals surface area contributed by atoms with Crippen molar-refractivity contribution < 1.29 is 24.2 Å². The molecule has 0 fully saturated rings. The van der Waals surface area contributed by atoms with E-state index in [1.807, 2.05) is 0 Å². The van der Waals surface area contributed by atoms with Gasteiger partial charge in [0.05, 0.1) is 0 Å². The number of aliphatic hydroxyl groups is 1. The molecule has 0 radical (unpaired) electrons. The number of carbonyl (C=O) groups is 2. The number of esters is 2. The Morgan fingerprint density at radius 1 is 0.571 bits per heavy atom. The Kier molecular flexibility index (Phi) is 25.2. The van der Waals surface area contributed by atoms with Gasteiger partial charge < -0.3 is 14.6 Å². The number of hydrogen-bond acceptors (Lipinski definition) is 5. The fourth-order valence-corrected chi connectivity index (χ4v) is 4.21. The predicted molar refractivity (Wildman–Crippen MR) is 145 cm³/mol. The molecule has 0 amide bonds. The van der Waals surface area contributed by atoms with Crippen molar-refractivity contribution in [2.75, 3.05) is 13.2 Å². The molecule has 0 saturated heterocycles. The summed E-state index contributed by atoms with van der Waals surface area (Å²) in [6, 6.07) is 0. The molecular formula is C30H58O5. The quantitative estimate of drug-likeness (QED) is 0.0959. The first kappa shape index (κ1) is 33.9. The van der Waals surface area contributed by atoms with Crippen LogP contribution in [0.2, 0.25) is 0 Å². The van der Waals surface area contributed by atoms with E-state index in [0.29, 0.717) is 12.8 Å². The van der Waals surface area contributed by atoms with Crippen LogP contribution in [0.3, 0.4) is 0 Å². The van der Waals surface area contributed by atoms with E-state index in [2.05, 4.69) is 20.8 Å². The van der Waals surface area contributed by atoms with Gasteiger partial charge in [0.2, 0.25) is 0 Å². The van der Waals surface area contributed by atoms with Gasteiger partial charge in [0.1, 0.15) is 19.3 Å². The van der Waals surface area contributed by atoms with Crippen LogP contribution in [0, 0.1) is 5.92 Å². The van der Waals surface area contributed by atoms with Crippen LogP contribution < -0.4 is 0 Å². The zero-order valence-electron chi connectivity index (χ0n) is 23.5. The van der Waals surface area contributed by atoms with E-state index in [9.17, 15) is 14.7 Å². The number of unbranched alkanes of at least 4 members (excludes halogenated alkanes) is 16. The molecule has 0 heterocycles. The Morgan fingerprint density at radius 3 is 1.29 bits per heavy atom. The maximum absolute atomic E-state index is 11.8. The summed E-state index contributed by atoms with van der Waals surface area (Å²) in [5, 5.41) is 9.90. The Balaban J connectivity index is 3.43. The van der Waals surface area contributed by atoms with Gasteiger partial charge in [-0.05, 0) is 18.8 Å². The van der Waals surface area contributed by atoms with Gasteiger partial charge in [-0.15, -0.1) is 0 Å². The molecule has 0 aromatic rings. The van der Waals surface area contributed by atoms with Crippen LogP contribution in [-0.2, 0) is 19.1 Å². The van der Waals surface area contributed by atoms with Crippen LogP contribution in [0.25, 0.3) is 0 Å². The molecule has 1 atom stereocenters. The van der Waals surface area contributed by atoms with Gasteiger partial charge in [-0.1, -0.05) is 130 Å². The number of rotatable bonds is 26. The molecule has 5 heteroatoms. The third kappa shape index (κ3) is 27.3. The van der Waals surface area contributed by atoms with Gasteiger partial charge in [-0.25, -0.2) is 0 Å². The van der Waals surface area contributed by atoms with E-state index in [1.54, 1.807) is 0 Å². The largest absolute Gasteiger partial charge is 0.463 e. The highest BCUT2D eigenvalue weighted by Gasteiger charge is 2.12. The highest BCUT2D eigenvalue weighted by Crippen LogP contribution is 2.14. The second kappa shape index (κ2) is 26.0. The molecule has 0 aliphatic heterocycles. The molecule has 35 heavy (non-hydrogen) atoms. The van der Waals surface area contributed by atoms with Crippen molar-refractivity contribution in [2.24, 2.45) is 5.92 Å². The van der Waals surface area contributed by atoms with Crippen LogP contribution >= 0.6 is 0 Å². The molecule has 0 saturated carbocycles. The van der Waals surface area contributed by atoms with Crippen molar-refractivity contribution in [2.45, 2.75) is 162 Å². The summed E-state index contributed by atoms with van der Waals surface area (Å²) in [5.41, 5.74) is 0. The monoisotopic (exact) mass is 498 g/mol. The van der Waals surface area contributed by atoms with E-state index in [-0.39, 0.29) is 25.2 Å². The molecule has 0 aromatic heterocycles. The summed E-state index contributed by atoms with van der Waals surface area (Å²) >= 11 is 0. The lowest BCUT2D eigenvalue weighted by atomic mass is 10.0. The topological polar surface area (TPSA) is 72.8 Å². The van der Waals surface area contributed by atoms with E-state index in [1.165, 1.54) is 83.5 Å². The Bertz CT molecular complexity index is 477. The smallest absolute Gasteiger partial charge is 0.305 e. The van der Waals surface area contributed by atoms with E-state index in [0.717, 1.165) is 44.4 Å². The lowest BCUT2D eigenvalue weighted by Crippen LogP contribution is -2.25. The average Bonchev–Trinajstić information content (AvgIpc) is 2.83. The van der Waals surface area contributed by atoms with Crippen LogP contribution in [0.1, 0.15) is 156 Å². The van der Waals surface area contributed by atoms with Gasteiger partial charge in [-0.3, -0.25) is 9.59 Å². The van der Waals surface area contributed by atoms with Crippen molar-refractivity contribution in [1.82, 2.24) is 0 Å². The van der Waals surface area contributed by atoms with Crippen molar-refractivity contribution in [3.8, 4) is 0 Å². The van der Waals surface area contributed by atoms with Gasteiger partial charge in [0.15, 0.2) is 0 Å². The minimum Gasteiger partial charge on any atom is -0.463 e. The second-order valence-corrected chi connectivity index (χ2v) is 10.7. The molecule has 0 aromatic carbocycles. The molecule has 0 aliphatic rings. The van der Waals surface area contributed by atoms with E-state index >= 15 is 0 Å². The first-order valence-electron chi connectivity index (χ1n) is 14.9. The first-order chi connectivity index (χ1) is 17.0. The van der Waals surface area contributed by atoms with Crippen LogP contribution in [0.15, 0.2) is 0 Å². The minimum absolute atomic E-state index is 0.110. The highest BCUT2D eigenvalue weighted by molar-refractivity contribution is 5.69. The SMILES string of the molecule is CCCCCCCCCCCC(=O)OC[C@H](O)COC(=O)CCCCCCCCCCCC(C)C. The van der Waals surface area contributed by atoms with E-state index < -0.39 is 6.10 Å². The molecule has 0 unspecified atom stereocenters. The number of hydrogen-bond donors (Lipinski definition) is 1. The van der Waals surface area contributed by atoms with E-state index in [4.69, 9.17) is 9.47 Å². The number of aliphatic hydroxyl groups excluding tert-OH is 1. The van der Waals surface area contributed by atoms with Gasteiger partial charge in [-0.2, -0.15) is 0 Å². The molecular weight excluding hydrogens is 440 g/mol. The fourth-order valence-electron chi connectivity index (χ4n) is 4.21. The lowest BCUT2D eigenvalue weighted by Gasteiger charge is -2.12. The molecule has 0 bridgehead atoms. The molecule has 1 N–H and O–H groups in total. The summed E-state index contributed by atoms with van der Waals surface area (Å²) in [5.74, 6) is 0.255. The molecule has 5 nitrogen and oxygen atoms in total. The molecule has 0 spiro atoms. The van der Waals surface area contributed by atoms with Crippen molar-refractivity contribution in [3.05, 3.63) is 0 Å². The maximum atomic E-state index is 11.8. The zero-order valence-corrected chi connectivity index (χ0v) is 23.5. The minimum atomic E-state index is -0.952. The first-order valence-corrected chi connectivity index (χ1v) is 14.9. The maximum Gasteiger partial charge on any atom is 0.305 e. The zero-order chi connectivity index (χ0) is 26.0. The van der Waals surface area contributed by atoms with Crippen molar-refractivity contribution >= 4 is 11.9 Å². The van der Waals surface area contributed by atoms with Crippen LogP contribution in [0.5, 0.6) is 0 Å². The molecule has 0 aliphatic carbocycles. The van der Waals surface area contributed by atoms with Crippen molar-refractivity contribution in [3.63, 3.8) is 0 Å². The number of carbonyl (C=O) groups excluding carboxylic acids is 2. The highest BCUT2D eigenvalue weighted by atomic mass is 16.6. The fraction of sp³-hybridized carbons (Fsp3) is 0.933. The average molecular weight is 499 g/mol. The Labute approximate surface area is 217 Å². The van der Waals surface area contributed by atoms with Crippen molar-refractivity contribution in [1.29, 1.82) is 0 Å². The van der Waals surface area contributed by atoms with Gasteiger partial charge in [0, 0.05) is 12.8 Å². The van der Waals surface area contributed by atoms with Crippen LogP contribution in [0.4, 0.5) is 0 Å².